The lowest BCUT2D eigenvalue weighted by molar-refractivity contribution is -0.870. The maximum Gasteiger partial charge on any atom is 0.472 e. The largest absolute Gasteiger partial charge is 0.472 e. The lowest BCUT2D eigenvalue weighted by atomic mass is 10.1. The van der Waals surface area contributed by atoms with Crippen LogP contribution in [0.5, 0.6) is 0 Å². The van der Waals surface area contributed by atoms with Gasteiger partial charge in [0.25, 0.3) is 0 Å². The van der Waals surface area contributed by atoms with Crippen molar-refractivity contribution in [3.63, 3.8) is 0 Å². The molecule has 2 atom stereocenters. The molecular weight excluding hydrogens is 701 g/mol. The molecule has 0 bridgehead atoms. The van der Waals surface area contributed by atoms with Crippen LogP contribution >= 0.6 is 7.82 Å². The Kier molecular flexibility index (Phi) is 26.1. The van der Waals surface area contributed by atoms with Crippen molar-refractivity contribution in [2.24, 2.45) is 0 Å². The monoisotopic (exact) mass is 796 g/mol. The highest BCUT2D eigenvalue weighted by atomic mass is 31.2. The summed E-state index contributed by atoms with van der Waals surface area (Å²) in [6.07, 6.45) is 36.6. The number of quaternary nitrogens is 1. The third-order valence-electron chi connectivity index (χ3n) is 9.12. The number of allylic oxidation sites excluding steroid dienone is 4. The number of rotatable bonds is 40. The number of carbonyl (C=O) groups excluding carboxylic acids is 2. The molecule has 1 N–H and O–H groups in total. The van der Waals surface area contributed by atoms with Gasteiger partial charge in [-0.2, -0.15) is 0 Å². The summed E-state index contributed by atoms with van der Waals surface area (Å²) in [5.74, 6) is -1.17. The van der Waals surface area contributed by atoms with Gasteiger partial charge in [-0.25, -0.2) is 4.57 Å². The molecule has 0 rings (SSSR count). The Labute approximate surface area is 345 Å². The summed E-state index contributed by atoms with van der Waals surface area (Å²) in [7, 11) is -5.08. The predicted octanol–water partition coefficient (Wildman–Crippen LogP) is 12.4. The molecule has 9 nitrogen and oxygen atoms in total. The number of hydrogen-bond donors (Lipinski definition) is 1. The fourth-order valence-electron chi connectivity index (χ4n) is 5.81. The first-order chi connectivity index (χ1) is 29.7. The molecule has 10 heteroatoms. The molecule has 0 aromatic carbocycles. The van der Waals surface area contributed by atoms with Gasteiger partial charge in [-0.1, -0.05) is 141 Å². The number of hydrogen-bond acceptors (Lipinski definition) is 7. The van der Waals surface area contributed by atoms with E-state index in [0.717, 1.165) is 77.0 Å². The van der Waals surface area contributed by atoms with Gasteiger partial charge in [-0.15, -0.1) is 0 Å². The quantitative estimate of drug-likeness (QED) is 0.0215. The summed E-state index contributed by atoms with van der Waals surface area (Å²) >= 11 is 0. The molecule has 0 aliphatic heterocycles. The Morgan fingerprint density at radius 2 is 1.00 bits per heavy atom. The average Bonchev–Trinajstić information content (AvgIpc) is 3.19. The molecular formula is C44H85NO8P+. The van der Waals surface area contributed by atoms with Crippen molar-refractivity contribution in [3.05, 3.63) is 24.3 Å². The summed E-state index contributed by atoms with van der Waals surface area (Å²) in [6, 6.07) is 0. The van der Waals surface area contributed by atoms with Gasteiger partial charge in [0.15, 0.2) is 6.10 Å². The van der Waals surface area contributed by atoms with Crippen LogP contribution in [0, 0.1) is 0 Å². The summed E-state index contributed by atoms with van der Waals surface area (Å²) in [6.45, 7) is -9.80. The highest BCUT2D eigenvalue weighted by Crippen LogP contribution is 2.43. The maximum absolute atomic E-state index is 12.8. The minimum Gasteiger partial charge on any atom is -0.462 e. The highest BCUT2D eigenvalue weighted by molar-refractivity contribution is 7.47. The van der Waals surface area contributed by atoms with E-state index in [2.05, 4.69) is 38.2 Å². The van der Waals surface area contributed by atoms with Crippen LogP contribution in [0.3, 0.4) is 0 Å². The van der Waals surface area contributed by atoms with Crippen molar-refractivity contribution >= 4 is 19.8 Å². The van der Waals surface area contributed by atoms with Crippen molar-refractivity contribution in [1.82, 2.24) is 0 Å². The predicted molar refractivity (Wildman–Crippen MR) is 224 cm³/mol. The van der Waals surface area contributed by atoms with Gasteiger partial charge < -0.3 is 18.9 Å². The first-order valence-corrected chi connectivity index (χ1v) is 22.9. The molecule has 1 unspecified atom stereocenters. The molecule has 0 aliphatic carbocycles. The van der Waals surface area contributed by atoms with Crippen LogP contribution in [0.25, 0.3) is 0 Å². The van der Waals surface area contributed by atoms with Crippen molar-refractivity contribution in [3.8, 4) is 0 Å². The van der Waals surface area contributed by atoms with E-state index in [9.17, 15) is 19.0 Å². The molecule has 0 heterocycles. The van der Waals surface area contributed by atoms with Crippen molar-refractivity contribution < 1.29 is 54.4 Å². The van der Waals surface area contributed by atoms with E-state index in [0.29, 0.717) is 12.8 Å². The number of unbranched alkanes of at least 4 members (excludes halogenated alkanes) is 22. The molecule has 0 fully saturated rings. The minimum atomic E-state index is -5.08. The smallest absolute Gasteiger partial charge is 0.462 e. The summed E-state index contributed by atoms with van der Waals surface area (Å²) in [4.78, 5) is 35.7. The van der Waals surface area contributed by atoms with Crippen LogP contribution in [0.15, 0.2) is 24.3 Å². The molecule has 0 aromatic rings. The Bertz CT molecular complexity index is 1240. The van der Waals surface area contributed by atoms with Crippen molar-refractivity contribution in [1.29, 1.82) is 0 Å². The summed E-state index contributed by atoms with van der Waals surface area (Å²) in [5, 5.41) is 0. The molecule has 0 saturated heterocycles. The van der Waals surface area contributed by atoms with Gasteiger partial charge in [0.05, 0.1) is 39.9 Å². The molecule has 318 valence electrons. The zero-order valence-electron chi connectivity index (χ0n) is 43.2. The van der Waals surface area contributed by atoms with E-state index < -0.39 is 77.6 Å². The Morgan fingerprint density at radius 3 is 1.44 bits per heavy atom. The highest BCUT2D eigenvalue weighted by Gasteiger charge is 2.27. The normalized spacial score (nSPS) is 17.0. The number of esters is 2. The van der Waals surface area contributed by atoms with E-state index in [1.165, 1.54) is 77.0 Å². The molecule has 0 aliphatic rings. The molecule has 0 spiro atoms. The fourth-order valence-corrected chi connectivity index (χ4v) is 6.55. The van der Waals surface area contributed by atoms with Crippen molar-refractivity contribution in [2.75, 3.05) is 47.3 Å². The van der Waals surface area contributed by atoms with Crippen LogP contribution in [0.1, 0.15) is 206 Å². The Hall–Kier alpha value is -1.51. The van der Waals surface area contributed by atoms with E-state index in [4.69, 9.17) is 30.9 Å². The molecule has 0 saturated carbocycles. The van der Waals surface area contributed by atoms with Crippen LogP contribution in [-0.4, -0.2) is 74.7 Å². The van der Waals surface area contributed by atoms with Gasteiger partial charge in [0, 0.05) is 12.8 Å². The van der Waals surface area contributed by atoms with Gasteiger partial charge >= 0.3 is 19.8 Å². The van der Waals surface area contributed by atoms with Crippen LogP contribution in [0.4, 0.5) is 0 Å². The van der Waals surface area contributed by atoms with Crippen LogP contribution < -0.4 is 0 Å². The number of nitrogens with zero attached hydrogens (tertiary/aromatic N) is 1. The Morgan fingerprint density at radius 1 is 0.593 bits per heavy atom. The first-order valence-electron chi connectivity index (χ1n) is 25.9. The SMILES string of the molecule is [2H]C([2H])([2H])[N+](CCOP(=O)(O)OC[C@H](COC(=O)CCCCCCC/C=C\CCCCCCCC)OC(=O)CCCCCCC/C=C\CCCCCCCC)(C([2H])([2H])[2H])C([2H])([2H])[2H]. The van der Waals surface area contributed by atoms with Gasteiger partial charge in [0.2, 0.25) is 0 Å². The van der Waals surface area contributed by atoms with Gasteiger partial charge in [0.1, 0.15) is 19.8 Å². The minimum absolute atomic E-state index is 0.0597. The molecule has 54 heavy (non-hydrogen) atoms. The third-order valence-corrected chi connectivity index (χ3v) is 10.1. The number of carbonyl (C=O) groups is 2. The molecule has 0 amide bonds. The van der Waals surface area contributed by atoms with E-state index >= 15 is 0 Å². The fraction of sp³-hybridized carbons (Fsp3) is 0.864. The summed E-state index contributed by atoms with van der Waals surface area (Å²) in [5.41, 5.74) is 0. The van der Waals surface area contributed by atoms with Gasteiger partial charge in [-0.3, -0.25) is 18.6 Å². The number of phosphoric ester groups is 1. The van der Waals surface area contributed by atoms with Gasteiger partial charge in [-0.05, 0) is 64.2 Å². The zero-order chi connectivity index (χ0) is 47.5. The standard InChI is InChI=1S/C44H84NO8P/c1-6-8-10-12-14-16-18-20-22-24-26-28-30-32-34-36-43(46)50-40-42(41-52-54(48,49)51-39-38-45(3,4)5)53-44(47)37-35-33-31-29-27-25-23-21-19-17-15-13-11-9-7-2/h20-23,42H,6-19,24-41H2,1-5H3/p+1/b22-20-,23-21-/t42-/m0/s1/i3D3,4D3,5D3. The number of ether oxygens (including phenoxy) is 2. The van der Waals surface area contributed by atoms with Crippen LogP contribution in [0.2, 0.25) is 0 Å². The van der Waals surface area contributed by atoms with Crippen LogP contribution in [-0.2, 0) is 32.7 Å². The van der Waals surface area contributed by atoms with E-state index in [-0.39, 0.29) is 12.8 Å². The first kappa shape index (κ1) is 38.0. The van der Waals surface area contributed by atoms with E-state index in [1.807, 2.05) is 0 Å². The second-order valence-electron chi connectivity index (χ2n) is 14.6. The lowest BCUT2D eigenvalue weighted by Gasteiger charge is -2.24. The maximum atomic E-state index is 12.8. The number of likely N-dealkylation sites (N-methyl/N-ethyl adjacent to an activating group) is 1. The second-order valence-corrected chi connectivity index (χ2v) is 16.0. The Balaban J connectivity index is 4.98. The second kappa shape index (κ2) is 37.1. The topological polar surface area (TPSA) is 108 Å². The third kappa shape index (κ3) is 40.2. The summed E-state index contributed by atoms with van der Waals surface area (Å²) < 4.78 is 100. The average molecular weight is 796 g/mol. The number of phosphoric acid groups is 1. The molecule has 0 radical (unpaired) electrons. The van der Waals surface area contributed by atoms with Crippen molar-refractivity contribution in [2.45, 2.75) is 200 Å². The lowest BCUT2D eigenvalue weighted by Crippen LogP contribution is -2.37. The zero-order valence-corrected chi connectivity index (χ0v) is 35.1. The van der Waals surface area contributed by atoms with E-state index in [1.54, 1.807) is 0 Å². The molecule has 0 aromatic heterocycles.